The molecular weight excluding hydrogens is 326 g/mol. The van der Waals surface area contributed by atoms with Gasteiger partial charge >= 0.3 is 0 Å². The van der Waals surface area contributed by atoms with Gasteiger partial charge < -0.3 is 5.32 Å². The van der Waals surface area contributed by atoms with Crippen LogP contribution >= 0.6 is 0 Å². The molecule has 0 radical (unpaired) electrons. The second kappa shape index (κ2) is 18.4. The summed E-state index contributed by atoms with van der Waals surface area (Å²) in [6, 6.07) is 0.344. The molecule has 0 aromatic carbocycles. The Bertz CT molecular complexity index is 393. The van der Waals surface area contributed by atoms with Gasteiger partial charge in [0.25, 0.3) is 0 Å². The summed E-state index contributed by atoms with van der Waals surface area (Å²) in [5.74, 6) is 0. The molecule has 1 heteroatoms. The van der Waals surface area contributed by atoms with Gasteiger partial charge in [-0.3, -0.25) is 0 Å². The lowest BCUT2D eigenvalue weighted by molar-refractivity contribution is 0.531. The van der Waals surface area contributed by atoms with Crippen molar-refractivity contribution < 1.29 is 0 Å². The predicted molar refractivity (Wildman–Crippen MR) is 125 cm³/mol. The van der Waals surface area contributed by atoms with E-state index in [2.05, 4.69) is 45.8 Å². The van der Waals surface area contributed by atoms with E-state index in [9.17, 15) is 0 Å². The Morgan fingerprint density at radius 3 is 1.52 bits per heavy atom. The summed E-state index contributed by atoms with van der Waals surface area (Å²) in [7, 11) is 0. The summed E-state index contributed by atoms with van der Waals surface area (Å²) < 4.78 is 0. The van der Waals surface area contributed by atoms with Gasteiger partial charge in [0, 0.05) is 11.7 Å². The number of nitrogens with one attached hydrogen (secondary N) is 1. The molecule has 0 aromatic rings. The lowest BCUT2D eigenvalue weighted by atomic mass is 10.0. The van der Waals surface area contributed by atoms with Crippen molar-refractivity contribution in [1.82, 2.24) is 5.32 Å². The maximum Gasteiger partial charge on any atom is 0.0468 e. The third kappa shape index (κ3) is 18.2. The van der Waals surface area contributed by atoms with Crippen molar-refractivity contribution in [2.24, 2.45) is 0 Å². The monoisotopic (exact) mass is 375 g/mol. The van der Waals surface area contributed by atoms with Crippen LogP contribution in [0.15, 0.2) is 36.6 Å². The van der Waals surface area contributed by atoms with Crippen LogP contribution in [0.3, 0.4) is 0 Å². The first-order chi connectivity index (χ1) is 13.0. The van der Waals surface area contributed by atoms with Crippen LogP contribution in [-0.2, 0) is 0 Å². The van der Waals surface area contributed by atoms with Crippen LogP contribution < -0.4 is 5.32 Å². The van der Waals surface area contributed by atoms with E-state index in [-0.39, 0.29) is 0 Å². The highest BCUT2D eigenvalue weighted by molar-refractivity contribution is 5.08. The highest BCUT2D eigenvalue weighted by Gasteiger charge is 2.09. The van der Waals surface area contributed by atoms with Gasteiger partial charge in [0.2, 0.25) is 0 Å². The van der Waals surface area contributed by atoms with Crippen molar-refractivity contribution in [2.75, 3.05) is 0 Å². The minimum atomic E-state index is 0.344. The van der Waals surface area contributed by atoms with Gasteiger partial charge in [0.05, 0.1) is 0 Å². The molecule has 0 aliphatic heterocycles. The van der Waals surface area contributed by atoms with Crippen LogP contribution in [0.25, 0.3) is 0 Å². The molecule has 0 spiro atoms. The van der Waals surface area contributed by atoms with Crippen molar-refractivity contribution >= 4 is 0 Å². The summed E-state index contributed by atoms with van der Waals surface area (Å²) in [6.45, 7) is 18.8. The average Bonchev–Trinajstić information content (AvgIpc) is 2.62. The SMILES string of the molecule is C=C(C)CCC(NC(=C)CCCCCCCCCCCCCCC)C(=C)C. The molecule has 0 aliphatic rings. The minimum Gasteiger partial charge on any atom is -0.382 e. The molecule has 1 nitrogen and oxygen atoms in total. The van der Waals surface area contributed by atoms with Crippen molar-refractivity contribution in [3.8, 4) is 0 Å². The first-order valence-corrected chi connectivity index (χ1v) is 11.7. The highest BCUT2D eigenvalue weighted by Crippen LogP contribution is 2.16. The van der Waals surface area contributed by atoms with Gasteiger partial charge in [-0.25, -0.2) is 0 Å². The van der Waals surface area contributed by atoms with Gasteiger partial charge in [0.1, 0.15) is 0 Å². The summed E-state index contributed by atoms with van der Waals surface area (Å²) in [6.07, 6.45) is 21.5. The van der Waals surface area contributed by atoms with Crippen LogP contribution in [-0.4, -0.2) is 6.04 Å². The van der Waals surface area contributed by atoms with E-state index in [4.69, 9.17) is 0 Å². The van der Waals surface area contributed by atoms with Gasteiger partial charge in [-0.1, -0.05) is 108 Å². The van der Waals surface area contributed by atoms with E-state index >= 15 is 0 Å². The summed E-state index contributed by atoms with van der Waals surface area (Å²) in [5.41, 5.74) is 3.61. The number of allylic oxidation sites excluding steroid dienone is 2. The topological polar surface area (TPSA) is 12.0 Å². The molecule has 158 valence electrons. The molecule has 1 unspecified atom stereocenters. The molecule has 27 heavy (non-hydrogen) atoms. The van der Waals surface area contributed by atoms with E-state index in [1.807, 2.05) is 0 Å². The minimum absolute atomic E-state index is 0.344. The Labute approximate surface area is 171 Å². The van der Waals surface area contributed by atoms with Gasteiger partial charge in [0.15, 0.2) is 0 Å². The van der Waals surface area contributed by atoms with Crippen LogP contribution in [0.5, 0.6) is 0 Å². The van der Waals surface area contributed by atoms with E-state index in [1.54, 1.807) is 0 Å². The molecule has 0 bridgehead atoms. The van der Waals surface area contributed by atoms with Crippen LogP contribution in [0.1, 0.15) is 124 Å². The fourth-order valence-corrected chi connectivity index (χ4v) is 3.51. The molecule has 0 aromatic heterocycles. The Morgan fingerprint density at radius 1 is 0.667 bits per heavy atom. The number of rotatable bonds is 20. The standard InChI is InChI=1S/C26H49N/c1-7-8-9-10-11-12-13-14-15-16-17-18-19-20-25(6)27-26(24(4)5)22-21-23(2)3/h26-27H,2,4,6-22H2,1,3,5H3. The smallest absolute Gasteiger partial charge is 0.0468 e. The average molecular weight is 376 g/mol. The lowest BCUT2D eigenvalue weighted by Gasteiger charge is -2.22. The summed E-state index contributed by atoms with van der Waals surface area (Å²) >= 11 is 0. The molecule has 0 fully saturated rings. The second-order valence-corrected chi connectivity index (χ2v) is 8.64. The van der Waals surface area contributed by atoms with Crippen molar-refractivity contribution in [3.63, 3.8) is 0 Å². The van der Waals surface area contributed by atoms with Gasteiger partial charge in [-0.15, -0.1) is 6.58 Å². The maximum absolute atomic E-state index is 4.22. The Hall–Kier alpha value is -0.980. The Kier molecular flexibility index (Phi) is 17.7. The van der Waals surface area contributed by atoms with Crippen LogP contribution in [0, 0.1) is 0 Å². The maximum atomic E-state index is 4.22. The Balaban J connectivity index is 3.51. The zero-order valence-corrected chi connectivity index (χ0v) is 19.0. The zero-order chi connectivity index (χ0) is 20.3. The number of hydrogen-bond donors (Lipinski definition) is 1. The molecular formula is C26H49N. The number of hydrogen-bond acceptors (Lipinski definition) is 1. The molecule has 0 rings (SSSR count). The van der Waals surface area contributed by atoms with E-state index in [0.717, 1.165) is 19.3 Å². The highest BCUT2D eigenvalue weighted by atomic mass is 14.9. The number of unbranched alkanes of at least 4 members (excludes halogenated alkanes) is 12. The molecule has 1 N–H and O–H groups in total. The second-order valence-electron chi connectivity index (χ2n) is 8.64. The van der Waals surface area contributed by atoms with Crippen molar-refractivity contribution in [1.29, 1.82) is 0 Å². The van der Waals surface area contributed by atoms with E-state index < -0.39 is 0 Å². The molecule has 0 aliphatic carbocycles. The molecule has 0 amide bonds. The molecule has 0 saturated heterocycles. The molecule has 1 atom stereocenters. The van der Waals surface area contributed by atoms with Crippen LogP contribution in [0.4, 0.5) is 0 Å². The molecule has 0 heterocycles. The van der Waals surface area contributed by atoms with Crippen molar-refractivity contribution in [2.45, 2.75) is 130 Å². The first-order valence-electron chi connectivity index (χ1n) is 11.7. The largest absolute Gasteiger partial charge is 0.382 e. The third-order valence-corrected chi connectivity index (χ3v) is 5.42. The van der Waals surface area contributed by atoms with E-state index in [1.165, 1.54) is 100 Å². The third-order valence-electron chi connectivity index (χ3n) is 5.42. The summed E-state index contributed by atoms with van der Waals surface area (Å²) in [5, 5.41) is 3.58. The first kappa shape index (κ1) is 26.0. The molecule has 0 saturated carbocycles. The van der Waals surface area contributed by atoms with Crippen molar-refractivity contribution in [3.05, 3.63) is 36.6 Å². The quantitative estimate of drug-likeness (QED) is 0.165. The predicted octanol–water partition coefficient (Wildman–Crippen LogP) is 8.87. The fraction of sp³-hybridized carbons (Fsp3) is 0.769. The van der Waals surface area contributed by atoms with Gasteiger partial charge in [-0.2, -0.15) is 0 Å². The van der Waals surface area contributed by atoms with E-state index in [0.29, 0.717) is 6.04 Å². The Morgan fingerprint density at radius 2 is 1.11 bits per heavy atom. The van der Waals surface area contributed by atoms with Crippen LogP contribution in [0.2, 0.25) is 0 Å². The lowest BCUT2D eigenvalue weighted by Crippen LogP contribution is -2.29. The normalized spacial score (nSPS) is 12.0. The zero-order valence-electron chi connectivity index (χ0n) is 19.0. The summed E-state index contributed by atoms with van der Waals surface area (Å²) in [4.78, 5) is 0. The van der Waals surface area contributed by atoms with Gasteiger partial charge in [-0.05, 0) is 39.5 Å². The fourth-order valence-electron chi connectivity index (χ4n) is 3.51.